The lowest BCUT2D eigenvalue weighted by atomic mass is 9.93. The third-order valence-electron chi connectivity index (χ3n) is 6.07. The van der Waals surface area contributed by atoms with Gasteiger partial charge in [0.2, 0.25) is 11.8 Å². The standard InChI is InChI=1S/C23H35N3O4S/c1-17(2)25-22(27)14-18-8-10-19(11-9-18)24-15-23(28)26(20-6-4-3-5-7-20)21-12-13-31(29,30)16-21/h8-11,17,20-21,24H,3-7,12-16H2,1-2H3,(H,25,27). The van der Waals surface area contributed by atoms with Gasteiger partial charge >= 0.3 is 0 Å². The minimum Gasteiger partial charge on any atom is -0.376 e. The first-order chi connectivity index (χ1) is 14.7. The summed E-state index contributed by atoms with van der Waals surface area (Å²) in [6, 6.07) is 7.56. The molecule has 1 atom stereocenters. The van der Waals surface area contributed by atoms with Crippen molar-refractivity contribution in [2.75, 3.05) is 23.4 Å². The van der Waals surface area contributed by atoms with E-state index in [9.17, 15) is 18.0 Å². The lowest BCUT2D eigenvalue weighted by Gasteiger charge is -2.38. The Balaban J connectivity index is 1.59. The van der Waals surface area contributed by atoms with E-state index in [1.165, 1.54) is 6.42 Å². The second-order valence-corrected chi connectivity index (χ2v) is 11.3. The minimum absolute atomic E-state index is 0.0134. The summed E-state index contributed by atoms with van der Waals surface area (Å²) < 4.78 is 24.0. The molecule has 0 radical (unpaired) electrons. The molecule has 2 N–H and O–H groups in total. The van der Waals surface area contributed by atoms with E-state index in [0.717, 1.165) is 36.9 Å². The van der Waals surface area contributed by atoms with Crippen LogP contribution in [0.1, 0.15) is 57.9 Å². The average Bonchev–Trinajstić information content (AvgIpc) is 3.07. The van der Waals surface area contributed by atoms with Crippen LogP contribution in [0.25, 0.3) is 0 Å². The summed E-state index contributed by atoms with van der Waals surface area (Å²) in [6.07, 6.45) is 6.13. The topological polar surface area (TPSA) is 95.6 Å². The van der Waals surface area contributed by atoms with Crippen molar-refractivity contribution in [3.8, 4) is 0 Å². The number of amides is 2. The fraction of sp³-hybridized carbons (Fsp3) is 0.652. The molecular formula is C23H35N3O4S. The molecule has 0 aromatic heterocycles. The Morgan fingerprint density at radius 1 is 1.03 bits per heavy atom. The highest BCUT2D eigenvalue weighted by Gasteiger charge is 2.38. The maximum Gasteiger partial charge on any atom is 0.242 e. The molecule has 2 aliphatic rings. The first kappa shape index (κ1) is 23.6. The molecule has 1 aliphatic heterocycles. The van der Waals surface area contributed by atoms with Crippen LogP contribution in [0.5, 0.6) is 0 Å². The first-order valence-electron chi connectivity index (χ1n) is 11.4. The van der Waals surface area contributed by atoms with Gasteiger partial charge in [0.25, 0.3) is 0 Å². The Hall–Kier alpha value is -2.09. The number of hydrogen-bond acceptors (Lipinski definition) is 5. The molecule has 2 amide bonds. The van der Waals surface area contributed by atoms with Gasteiger partial charge in [0.05, 0.1) is 24.5 Å². The van der Waals surface area contributed by atoms with Gasteiger partial charge in [-0.05, 0) is 50.8 Å². The molecule has 0 bridgehead atoms. The minimum atomic E-state index is -3.05. The first-order valence-corrected chi connectivity index (χ1v) is 13.2. The van der Waals surface area contributed by atoms with Crippen LogP contribution in [0, 0.1) is 0 Å². The quantitative estimate of drug-likeness (QED) is 0.636. The Kier molecular flexibility index (Phi) is 7.97. The van der Waals surface area contributed by atoms with Gasteiger partial charge in [-0.15, -0.1) is 0 Å². The second-order valence-electron chi connectivity index (χ2n) is 9.10. The number of carbonyl (C=O) groups is 2. The van der Waals surface area contributed by atoms with Crippen molar-refractivity contribution in [3.05, 3.63) is 29.8 Å². The van der Waals surface area contributed by atoms with E-state index in [4.69, 9.17) is 0 Å². The van der Waals surface area contributed by atoms with E-state index >= 15 is 0 Å². The number of hydrogen-bond donors (Lipinski definition) is 2. The van der Waals surface area contributed by atoms with Crippen LogP contribution >= 0.6 is 0 Å². The molecule has 7 nitrogen and oxygen atoms in total. The highest BCUT2D eigenvalue weighted by molar-refractivity contribution is 7.91. The summed E-state index contributed by atoms with van der Waals surface area (Å²) in [6.45, 7) is 4.00. The lowest BCUT2D eigenvalue weighted by Crippen LogP contribution is -2.50. The zero-order chi connectivity index (χ0) is 22.4. The predicted octanol–water partition coefficient (Wildman–Crippen LogP) is 2.51. The van der Waals surface area contributed by atoms with E-state index in [0.29, 0.717) is 12.8 Å². The number of benzene rings is 1. The highest BCUT2D eigenvalue weighted by Crippen LogP contribution is 2.28. The van der Waals surface area contributed by atoms with E-state index in [1.54, 1.807) is 0 Å². The molecule has 8 heteroatoms. The summed E-state index contributed by atoms with van der Waals surface area (Å²) in [5.41, 5.74) is 1.72. The van der Waals surface area contributed by atoms with Gasteiger partial charge < -0.3 is 15.5 Å². The fourth-order valence-corrected chi connectivity index (χ4v) is 6.34. The van der Waals surface area contributed by atoms with Gasteiger partial charge in [-0.2, -0.15) is 0 Å². The third-order valence-corrected chi connectivity index (χ3v) is 7.82. The van der Waals surface area contributed by atoms with Crippen molar-refractivity contribution in [1.29, 1.82) is 0 Å². The van der Waals surface area contributed by atoms with Gasteiger partial charge in [0.1, 0.15) is 0 Å². The summed E-state index contributed by atoms with van der Waals surface area (Å²) >= 11 is 0. The fourth-order valence-electron chi connectivity index (χ4n) is 4.63. The summed E-state index contributed by atoms with van der Waals surface area (Å²) in [4.78, 5) is 26.9. The Morgan fingerprint density at radius 3 is 2.29 bits per heavy atom. The molecule has 0 spiro atoms. The Bertz CT molecular complexity index is 861. The van der Waals surface area contributed by atoms with Crippen LogP contribution in [0.3, 0.4) is 0 Å². The summed E-state index contributed by atoms with van der Waals surface area (Å²) in [5, 5.41) is 6.05. The smallest absolute Gasteiger partial charge is 0.242 e. The zero-order valence-electron chi connectivity index (χ0n) is 18.6. The van der Waals surface area contributed by atoms with Crippen LogP contribution in [0.4, 0.5) is 5.69 Å². The third kappa shape index (κ3) is 6.95. The van der Waals surface area contributed by atoms with Crippen LogP contribution in [0.2, 0.25) is 0 Å². The monoisotopic (exact) mass is 449 g/mol. The normalized spacial score (nSPS) is 21.1. The Labute approximate surface area is 185 Å². The summed E-state index contributed by atoms with van der Waals surface area (Å²) in [7, 11) is -3.05. The van der Waals surface area contributed by atoms with Crippen LogP contribution in [-0.4, -0.2) is 61.3 Å². The van der Waals surface area contributed by atoms with Crippen LogP contribution in [0.15, 0.2) is 24.3 Å². The molecule has 172 valence electrons. The van der Waals surface area contributed by atoms with Gasteiger partial charge in [-0.3, -0.25) is 9.59 Å². The molecule has 1 saturated heterocycles. The molecular weight excluding hydrogens is 414 g/mol. The highest BCUT2D eigenvalue weighted by atomic mass is 32.2. The predicted molar refractivity (Wildman–Crippen MR) is 123 cm³/mol. The van der Waals surface area contributed by atoms with Crippen molar-refractivity contribution < 1.29 is 18.0 Å². The van der Waals surface area contributed by atoms with Gasteiger partial charge in [-0.25, -0.2) is 8.42 Å². The van der Waals surface area contributed by atoms with E-state index in [2.05, 4.69) is 10.6 Å². The SMILES string of the molecule is CC(C)NC(=O)Cc1ccc(NCC(=O)N(C2CCCCC2)C2CCS(=O)(=O)C2)cc1. The number of sulfone groups is 1. The zero-order valence-corrected chi connectivity index (χ0v) is 19.4. The van der Waals surface area contributed by atoms with E-state index < -0.39 is 9.84 Å². The van der Waals surface area contributed by atoms with Crippen LogP contribution in [-0.2, 0) is 25.8 Å². The average molecular weight is 450 g/mol. The molecule has 2 fully saturated rings. The van der Waals surface area contributed by atoms with Crippen molar-refractivity contribution in [1.82, 2.24) is 10.2 Å². The molecule has 1 aromatic carbocycles. The summed E-state index contributed by atoms with van der Waals surface area (Å²) in [5.74, 6) is 0.213. The number of carbonyl (C=O) groups excluding carboxylic acids is 2. The molecule has 1 aromatic rings. The van der Waals surface area contributed by atoms with Crippen molar-refractivity contribution in [2.45, 2.75) is 76.9 Å². The van der Waals surface area contributed by atoms with E-state index in [1.807, 2.05) is 43.0 Å². The number of rotatable bonds is 8. The van der Waals surface area contributed by atoms with Crippen molar-refractivity contribution >= 4 is 27.3 Å². The van der Waals surface area contributed by atoms with Crippen molar-refractivity contribution in [3.63, 3.8) is 0 Å². The van der Waals surface area contributed by atoms with Gasteiger partial charge in [-0.1, -0.05) is 31.4 Å². The molecule has 1 unspecified atom stereocenters. The maximum atomic E-state index is 13.1. The van der Waals surface area contributed by atoms with E-state index in [-0.39, 0.29) is 48.0 Å². The molecule has 3 rings (SSSR count). The maximum absolute atomic E-state index is 13.1. The van der Waals surface area contributed by atoms with Crippen molar-refractivity contribution in [2.24, 2.45) is 0 Å². The molecule has 1 heterocycles. The largest absolute Gasteiger partial charge is 0.376 e. The number of nitrogens with one attached hydrogen (secondary N) is 2. The van der Waals surface area contributed by atoms with Gasteiger partial charge in [0.15, 0.2) is 9.84 Å². The lowest BCUT2D eigenvalue weighted by molar-refractivity contribution is -0.134. The van der Waals surface area contributed by atoms with Crippen LogP contribution < -0.4 is 10.6 Å². The van der Waals surface area contributed by atoms with Gasteiger partial charge in [0, 0.05) is 23.8 Å². The second kappa shape index (κ2) is 10.5. The number of nitrogens with zero attached hydrogens (tertiary/aromatic N) is 1. The Morgan fingerprint density at radius 2 is 1.71 bits per heavy atom. The molecule has 1 saturated carbocycles. The molecule has 1 aliphatic carbocycles. The molecule has 31 heavy (non-hydrogen) atoms. The number of anilines is 1.